The minimum absolute atomic E-state index is 0.646. The summed E-state index contributed by atoms with van der Waals surface area (Å²) < 4.78 is 21.3. The topological polar surface area (TPSA) is 49.3 Å². The fourth-order valence-corrected chi connectivity index (χ4v) is 1.50. The van der Waals surface area contributed by atoms with E-state index in [0.717, 1.165) is 10.9 Å². The monoisotopic (exact) mass is 249 g/mol. The number of anilines is 1. The van der Waals surface area contributed by atoms with Crippen LogP contribution in [0, 0.1) is 0 Å². The zero-order chi connectivity index (χ0) is 8.97. The van der Waals surface area contributed by atoms with Crippen LogP contribution in [0.5, 0.6) is 0 Å². The molecule has 0 aliphatic carbocycles. The summed E-state index contributed by atoms with van der Waals surface area (Å²) in [5.74, 6) is 0. The number of hydrogen-bond acceptors (Lipinski definition) is 1. The van der Waals surface area contributed by atoms with Crippen LogP contribution in [0.15, 0.2) is 24.3 Å². The van der Waals surface area contributed by atoms with Gasteiger partial charge in [0.1, 0.15) is 0 Å². The molecule has 1 atom stereocenters. The number of benzene rings is 1. The summed E-state index contributed by atoms with van der Waals surface area (Å²) in [4.78, 5) is 0. The third kappa shape index (κ3) is 2.92. The highest BCUT2D eigenvalue weighted by atomic mass is 79.9. The van der Waals surface area contributed by atoms with E-state index in [-0.39, 0.29) is 0 Å². The predicted octanol–water partition coefficient (Wildman–Crippen LogP) is 2.13. The molecule has 1 aromatic carbocycles. The van der Waals surface area contributed by atoms with Crippen LogP contribution in [0.1, 0.15) is 5.56 Å². The van der Waals surface area contributed by atoms with Gasteiger partial charge in [-0.05, 0) is 17.7 Å². The summed E-state index contributed by atoms with van der Waals surface area (Å²) in [6, 6.07) is 7.30. The normalized spacial score (nSPS) is 12.5. The molecular formula is C7H8BrNO2S. The van der Waals surface area contributed by atoms with E-state index in [0.29, 0.717) is 5.69 Å². The van der Waals surface area contributed by atoms with E-state index >= 15 is 0 Å². The van der Waals surface area contributed by atoms with Gasteiger partial charge in [0.15, 0.2) is 0 Å². The summed E-state index contributed by atoms with van der Waals surface area (Å²) in [6.45, 7) is 0. The highest BCUT2D eigenvalue weighted by Crippen LogP contribution is 2.12. The van der Waals surface area contributed by atoms with E-state index in [4.69, 9.17) is 4.55 Å². The van der Waals surface area contributed by atoms with E-state index in [9.17, 15) is 4.21 Å². The van der Waals surface area contributed by atoms with Gasteiger partial charge < -0.3 is 0 Å². The molecule has 12 heavy (non-hydrogen) atoms. The Balaban J connectivity index is 2.79. The minimum Gasteiger partial charge on any atom is -0.289 e. The number of hydrogen-bond donors (Lipinski definition) is 2. The predicted molar refractivity (Wildman–Crippen MR) is 53.5 cm³/mol. The number of rotatable bonds is 3. The van der Waals surface area contributed by atoms with Crippen LogP contribution in [0.3, 0.4) is 0 Å². The molecule has 3 nitrogen and oxygen atoms in total. The Kier molecular flexibility index (Phi) is 3.71. The van der Waals surface area contributed by atoms with Crippen molar-refractivity contribution in [2.45, 2.75) is 5.33 Å². The molecule has 0 heterocycles. The Morgan fingerprint density at radius 1 is 1.58 bits per heavy atom. The minimum atomic E-state index is -1.99. The van der Waals surface area contributed by atoms with E-state index < -0.39 is 11.3 Å². The maximum atomic E-state index is 10.4. The third-order valence-corrected chi connectivity index (χ3v) is 2.34. The molecule has 1 unspecified atom stereocenters. The molecule has 0 aromatic heterocycles. The standard InChI is InChI=1S/C7H8BrNO2S/c8-5-6-2-1-3-7(4-6)9-12(10)11/h1-4,9H,5H2,(H,10,11). The van der Waals surface area contributed by atoms with Crippen molar-refractivity contribution in [3.05, 3.63) is 29.8 Å². The summed E-state index contributed by atoms with van der Waals surface area (Å²) in [5, 5.41) is 0.737. The second kappa shape index (κ2) is 4.59. The second-order valence-electron chi connectivity index (χ2n) is 2.19. The molecule has 0 aliphatic heterocycles. The lowest BCUT2D eigenvalue weighted by atomic mass is 10.2. The van der Waals surface area contributed by atoms with Crippen LogP contribution in [0.2, 0.25) is 0 Å². The molecule has 0 saturated heterocycles. The van der Waals surface area contributed by atoms with Crippen molar-refractivity contribution < 1.29 is 8.76 Å². The van der Waals surface area contributed by atoms with Crippen molar-refractivity contribution in [3.63, 3.8) is 0 Å². The van der Waals surface area contributed by atoms with Gasteiger partial charge in [-0.2, -0.15) is 0 Å². The van der Waals surface area contributed by atoms with Gasteiger partial charge in [-0.1, -0.05) is 28.1 Å². The van der Waals surface area contributed by atoms with E-state index in [1.165, 1.54) is 0 Å². The summed E-state index contributed by atoms with van der Waals surface area (Å²) >= 11 is 1.30. The zero-order valence-electron chi connectivity index (χ0n) is 6.16. The number of alkyl halides is 1. The van der Waals surface area contributed by atoms with Crippen molar-refractivity contribution in [1.82, 2.24) is 0 Å². The van der Waals surface area contributed by atoms with Gasteiger partial charge in [-0.3, -0.25) is 9.27 Å². The summed E-state index contributed by atoms with van der Waals surface area (Å²) in [6.07, 6.45) is 0. The summed E-state index contributed by atoms with van der Waals surface area (Å²) in [5.41, 5.74) is 1.71. The fourth-order valence-electron chi connectivity index (χ4n) is 0.819. The molecule has 2 N–H and O–H groups in total. The molecule has 66 valence electrons. The lowest BCUT2D eigenvalue weighted by Gasteiger charge is -2.01. The Hall–Kier alpha value is -0.390. The first-order valence-corrected chi connectivity index (χ1v) is 5.47. The maximum Gasteiger partial charge on any atom is 0.259 e. The molecule has 0 amide bonds. The van der Waals surface area contributed by atoms with Gasteiger partial charge in [-0.25, -0.2) is 4.21 Å². The smallest absolute Gasteiger partial charge is 0.259 e. The average molecular weight is 250 g/mol. The molecule has 1 rings (SSSR count). The molecule has 0 fully saturated rings. The first kappa shape index (κ1) is 9.70. The lowest BCUT2D eigenvalue weighted by Crippen LogP contribution is -2.01. The largest absolute Gasteiger partial charge is 0.289 e. The Morgan fingerprint density at radius 3 is 2.92 bits per heavy atom. The van der Waals surface area contributed by atoms with Crippen LogP contribution in [-0.4, -0.2) is 8.76 Å². The highest BCUT2D eigenvalue weighted by Gasteiger charge is 1.95. The SMILES string of the molecule is O=S(O)Nc1cccc(CBr)c1. The number of nitrogens with one attached hydrogen (secondary N) is 1. The van der Waals surface area contributed by atoms with Gasteiger partial charge in [0.2, 0.25) is 0 Å². The lowest BCUT2D eigenvalue weighted by molar-refractivity contribution is 0.570. The Labute approximate surface area is 81.7 Å². The molecule has 1 aromatic rings. The van der Waals surface area contributed by atoms with E-state index in [1.54, 1.807) is 6.07 Å². The molecule has 0 saturated carbocycles. The molecule has 5 heteroatoms. The average Bonchev–Trinajstić information content (AvgIpc) is 2.03. The molecule has 0 spiro atoms. The van der Waals surface area contributed by atoms with E-state index in [2.05, 4.69) is 20.7 Å². The van der Waals surface area contributed by atoms with E-state index in [1.807, 2.05) is 18.2 Å². The second-order valence-corrected chi connectivity index (χ2v) is 3.45. The van der Waals surface area contributed by atoms with Gasteiger partial charge in [-0.15, -0.1) is 0 Å². The van der Waals surface area contributed by atoms with Gasteiger partial charge >= 0.3 is 0 Å². The summed E-state index contributed by atoms with van der Waals surface area (Å²) in [7, 11) is 0. The molecule has 0 aliphatic rings. The quantitative estimate of drug-likeness (QED) is 0.637. The van der Waals surface area contributed by atoms with Crippen LogP contribution >= 0.6 is 15.9 Å². The molecule has 0 radical (unpaired) electrons. The van der Waals surface area contributed by atoms with Crippen molar-refractivity contribution >= 4 is 32.9 Å². The van der Waals surface area contributed by atoms with Crippen molar-refractivity contribution in [3.8, 4) is 0 Å². The van der Waals surface area contributed by atoms with Crippen LogP contribution in [0.4, 0.5) is 5.69 Å². The van der Waals surface area contributed by atoms with Gasteiger partial charge in [0, 0.05) is 11.0 Å². The van der Waals surface area contributed by atoms with Crippen molar-refractivity contribution in [2.75, 3.05) is 4.72 Å². The highest BCUT2D eigenvalue weighted by molar-refractivity contribution is 9.08. The van der Waals surface area contributed by atoms with Crippen LogP contribution < -0.4 is 4.72 Å². The van der Waals surface area contributed by atoms with Crippen LogP contribution in [0.25, 0.3) is 0 Å². The van der Waals surface area contributed by atoms with Crippen molar-refractivity contribution in [2.24, 2.45) is 0 Å². The van der Waals surface area contributed by atoms with Gasteiger partial charge in [0.25, 0.3) is 11.3 Å². The first-order chi connectivity index (χ1) is 5.72. The zero-order valence-corrected chi connectivity index (χ0v) is 8.56. The molecular weight excluding hydrogens is 242 g/mol. The number of halogens is 1. The maximum absolute atomic E-state index is 10.4. The molecule has 0 bridgehead atoms. The van der Waals surface area contributed by atoms with Gasteiger partial charge in [0.05, 0.1) is 0 Å². The Bertz CT molecular complexity index is 292. The van der Waals surface area contributed by atoms with Crippen LogP contribution in [-0.2, 0) is 16.6 Å². The Morgan fingerprint density at radius 2 is 2.33 bits per heavy atom. The fraction of sp³-hybridized carbons (Fsp3) is 0.143. The third-order valence-electron chi connectivity index (χ3n) is 1.29. The first-order valence-electron chi connectivity index (χ1n) is 3.25. The van der Waals surface area contributed by atoms with Crippen molar-refractivity contribution in [1.29, 1.82) is 0 Å².